The molecular weight excluding hydrogens is 314 g/mol. The van der Waals surface area contributed by atoms with Crippen molar-refractivity contribution in [1.82, 2.24) is 9.88 Å². The number of fused-ring (bicyclic) bond motifs is 2. The molecule has 5 nitrogen and oxygen atoms in total. The van der Waals surface area contributed by atoms with Gasteiger partial charge in [-0.15, -0.1) is 0 Å². The van der Waals surface area contributed by atoms with E-state index in [2.05, 4.69) is 22.2 Å². The highest BCUT2D eigenvalue weighted by Gasteiger charge is 2.39. The van der Waals surface area contributed by atoms with E-state index < -0.39 is 0 Å². The summed E-state index contributed by atoms with van der Waals surface area (Å²) < 4.78 is 6.01. The zero-order valence-corrected chi connectivity index (χ0v) is 15.0. The van der Waals surface area contributed by atoms with Crippen molar-refractivity contribution >= 4 is 22.5 Å². The summed E-state index contributed by atoms with van der Waals surface area (Å²) >= 11 is 0. The van der Waals surface area contributed by atoms with Gasteiger partial charge in [-0.1, -0.05) is 0 Å². The minimum Gasteiger partial charge on any atom is -0.494 e. The lowest BCUT2D eigenvalue weighted by atomic mass is 10.0. The van der Waals surface area contributed by atoms with E-state index in [1.54, 1.807) is 0 Å². The van der Waals surface area contributed by atoms with Crippen LogP contribution >= 0.6 is 0 Å². The normalized spacial score (nSPS) is 26.1. The molecule has 1 aromatic carbocycles. The van der Waals surface area contributed by atoms with Crippen molar-refractivity contribution in [3.63, 3.8) is 0 Å². The molecule has 4 rings (SSSR count). The van der Waals surface area contributed by atoms with Crippen LogP contribution in [0.15, 0.2) is 24.4 Å². The van der Waals surface area contributed by atoms with Crippen LogP contribution in [0, 0.1) is 17.8 Å². The number of hydrogen-bond donors (Lipinski definition) is 2. The number of H-pyrrole nitrogens is 1. The third-order valence-corrected chi connectivity index (χ3v) is 5.79. The van der Waals surface area contributed by atoms with Crippen LogP contribution in [0.4, 0.5) is 5.69 Å². The summed E-state index contributed by atoms with van der Waals surface area (Å²) in [4.78, 5) is 16.9. The molecule has 2 aromatic rings. The third-order valence-electron chi connectivity index (χ3n) is 5.79. The molecule has 2 aliphatic rings. The van der Waals surface area contributed by atoms with Gasteiger partial charge in [0.15, 0.2) is 0 Å². The first kappa shape index (κ1) is 16.5. The van der Waals surface area contributed by atoms with E-state index in [1.165, 1.54) is 32.9 Å². The van der Waals surface area contributed by atoms with Crippen LogP contribution in [0.25, 0.3) is 10.9 Å². The first-order chi connectivity index (χ1) is 12.1. The lowest BCUT2D eigenvalue weighted by Crippen LogP contribution is -2.17. The molecule has 25 heavy (non-hydrogen) atoms. The van der Waals surface area contributed by atoms with Gasteiger partial charge < -0.3 is 19.9 Å². The van der Waals surface area contributed by atoms with Gasteiger partial charge in [-0.25, -0.2) is 0 Å². The molecular formula is C20H27N3O2. The van der Waals surface area contributed by atoms with Crippen LogP contribution in [0.5, 0.6) is 5.75 Å². The maximum Gasteiger partial charge on any atom is 0.221 e. The van der Waals surface area contributed by atoms with Crippen molar-refractivity contribution in [1.29, 1.82) is 0 Å². The van der Waals surface area contributed by atoms with Crippen molar-refractivity contribution < 1.29 is 9.53 Å². The molecule has 5 heteroatoms. The summed E-state index contributed by atoms with van der Waals surface area (Å²) in [6, 6.07) is 6.01. The number of aromatic amines is 1. The van der Waals surface area contributed by atoms with Gasteiger partial charge in [0.25, 0.3) is 0 Å². The van der Waals surface area contributed by atoms with Gasteiger partial charge >= 0.3 is 0 Å². The van der Waals surface area contributed by atoms with Gasteiger partial charge in [0.1, 0.15) is 5.75 Å². The van der Waals surface area contributed by atoms with E-state index in [9.17, 15) is 4.79 Å². The summed E-state index contributed by atoms with van der Waals surface area (Å²) in [5, 5.41) is 3.84. The molecule has 134 valence electrons. The van der Waals surface area contributed by atoms with Gasteiger partial charge in [-0.2, -0.15) is 0 Å². The van der Waals surface area contributed by atoms with Crippen LogP contribution in [0.2, 0.25) is 0 Å². The smallest absolute Gasteiger partial charge is 0.221 e. The maximum absolute atomic E-state index is 11.3. The topological polar surface area (TPSA) is 57.4 Å². The fraction of sp³-hybridized carbons (Fsp3) is 0.550. The standard InChI is InChI=1S/C20H27N3O2/c1-13(24)22-20-10-21-19-4-3-17(9-18(19)20)25-6-5-14-7-15-11-23(2)12-16(15)8-14/h3-4,9-10,14-16,21H,5-8,11-12H2,1-2H3,(H,22,24)/t14-,15-,16+. The Bertz CT molecular complexity index is 755. The number of amides is 1. The average Bonchev–Trinajstić information content (AvgIpc) is 3.20. The number of carbonyl (C=O) groups is 1. The molecule has 0 unspecified atom stereocenters. The van der Waals surface area contributed by atoms with Crippen LogP contribution in [-0.4, -0.2) is 42.5 Å². The number of likely N-dealkylation sites (tertiary alicyclic amines) is 1. The summed E-state index contributed by atoms with van der Waals surface area (Å²) in [6.07, 6.45) is 5.69. The zero-order chi connectivity index (χ0) is 17.4. The number of hydrogen-bond acceptors (Lipinski definition) is 3. The molecule has 0 bridgehead atoms. The van der Waals surface area contributed by atoms with E-state index in [4.69, 9.17) is 4.74 Å². The number of aromatic nitrogens is 1. The van der Waals surface area contributed by atoms with E-state index in [0.29, 0.717) is 0 Å². The lowest BCUT2D eigenvalue weighted by molar-refractivity contribution is -0.114. The first-order valence-corrected chi connectivity index (χ1v) is 9.28. The van der Waals surface area contributed by atoms with Gasteiger partial charge in [0, 0.05) is 37.1 Å². The SMILES string of the molecule is CC(=O)Nc1c[nH]c2ccc(OCC[C@@H]3C[C@@H]4CN(C)C[C@@H]4C3)cc12. The average molecular weight is 341 g/mol. The minimum absolute atomic E-state index is 0.0651. The second kappa shape index (κ2) is 6.71. The predicted molar refractivity (Wildman–Crippen MR) is 99.9 cm³/mol. The summed E-state index contributed by atoms with van der Waals surface area (Å²) in [6.45, 7) is 4.84. The van der Waals surface area contributed by atoms with E-state index >= 15 is 0 Å². The molecule has 1 aromatic heterocycles. The first-order valence-electron chi connectivity index (χ1n) is 9.28. The molecule has 1 saturated carbocycles. The van der Waals surface area contributed by atoms with Crippen molar-refractivity contribution in [3.8, 4) is 5.75 Å². The second-order valence-electron chi connectivity index (χ2n) is 7.81. The van der Waals surface area contributed by atoms with Gasteiger partial charge in [-0.05, 0) is 62.3 Å². The molecule has 0 radical (unpaired) electrons. The Labute approximate surface area is 148 Å². The fourth-order valence-electron chi connectivity index (χ4n) is 4.72. The quantitative estimate of drug-likeness (QED) is 0.875. The monoisotopic (exact) mass is 341 g/mol. The Morgan fingerprint density at radius 1 is 1.32 bits per heavy atom. The Balaban J connectivity index is 1.33. The predicted octanol–water partition coefficient (Wildman–Crippen LogP) is 3.48. The number of rotatable bonds is 5. The van der Waals surface area contributed by atoms with E-state index in [0.717, 1.165) is 53.1 Å². The molecule has 3 atom stereocenters. The molecule has 0 spiro atoms. The third kappa shape index (κ3) is 3.52. The Morgan fingerprint density at radius 2 is 2.08 bits per heavy atom. The Morgan fingerprint density at radius 3 is 2.80 bits per heavy atom. The Kier molecular flexibility index (Phi) is 4.42. The lowest BCUT2D eigenvalue weighted by Gasteiger charge is -2.15. The van der Waals surface area contributed by atoms with Crippen LogP contribution in [-0.2, 0) is 4.79 Å². The van der Waals surface area contributed by atoms with Crippen molar-refractivity contribution in [2.24, 2.45) is 17.8 Å². The largest absolute Gasteiger partial charge is 0.494 e. The fourth-order valence-corrected chi connectivity index (χ4v) is 4.72. The van der Waals surface area contributed by atoms with Gasteiger partial charge in [-0.3, -0.25) is 4.79 Å². The molecule has 2 heterocycles. The number of anilines is 1. The van der Waals surface area contributed by atoms with Crippen molar-refractivity contribution in [2.45, 2.75) is 26.2 Å². The number of nitrogens with one attached hydrogen (secondary N) is 2. The highest BCUT2D eigenvalue weighted by Crippen LogP contribution is 2.42. The second-order valence-corrected chi connectivity index (χ2v) is 7.81. The van der Waals surface area contributed by atoms with Crippen molar-refractivity contribution in [2.75, 3.05) is 32.1 Å². The Hall–Kier alpha value is -2.01. The molecule has 2 N–H and O–H groups in total. The minimum atomic E-state index is -0.0651. The number of benzene rings is 1. The van der Waals surface area contributed by atoms with Crippen LogP contribution < -0.4 is 10.1 Å². The summed E-state index contributed by atoms with van der Waals surface area (Å²) in [5.74, 6) is 3.44. The van der Waals surface area contributed by atoms with Gasteiger partial charge in [0.05, 0.1) is 12.3 Å². The van der Waals surface area contributed by atoms with E-state index in [-0.39, 0.29) is 5.91 Å². The molecule has 1 saturated heterocycles. The van der Waals surface area contributed by atoms with E-state index in [1.807, 2.05) is 24.4 Å². The number of nitrogens with zero attached hydrogens (tertiary/aromatic N) is 1. The highest BCUT2D eigenvalue weighted by atomic mass is 16.5. The summed E-state index contributed by atoms with van der Waals surface area (Å²) in [5.41, 5.74) is 1.81. The molecule has 1 aliphatic heterocycles. The highest BCUT2D eigenvalue weighted by molar-refractivity contribution is 6.01. The van der Waals surface area contributed by atoms with Crippen molar-refractivity contribution in [3.05, 3.63) is 24.4 Å². The number of ether oxygens (including phenoxy) is 1. The molecule has 1 amide bonds. The summed E-state index contributed by atoms with van der Waals surface area (Å²) in [7, 11) is 2.24. The van der Waals surface area contributed by atoms with Crippen LogP contribution in [0.3, 0.4) is 0 Å². The van der Waals surface area contributed by atoms with Gasteiger partial charge in [0.2, 0.25) is 5.91 Å². The number of carbonyl (C=O) groups excluding carboxylic acids is 1. The maximum atomic E-state index is 11.3. The molecule has 2 fully saturated rings. The van der Waals surface area contributed by atoms with Crippen LogP contribution in [0.1, 0.15) is 26.2 Å². The zero-order valence-electron chi connectivity index (χ0n) is 15.0. The molecule has 1 aliphatic carbocycles.